The van der Waals surface area contributed by atoms with Crippen LogP contribution in [0.1, 0.15) is 45.4 Å². The number of benzene rings is 2. The summed E-state index contributed by atoms with van der Waals surface area (Å²) >= 11 is 1.02. The summed E-state index contributed by atoms with van der Waals surface area (Å²) in [6, 6.07) is 11.5. The third-order valence-corrected chi connectivity index (χ3v) is 7.57. The lowest BCUT2D eigenvalue weighted by Gasteiger charge is -2.32. The molecule has 8 nitrogen and oxygen atoms in total. The van der Waals surface area contributed by atoms with Gasteiger partial charge in [-0.1, -0.05) is 25.1 Å². The van der Waals surface area contributed by atoms with Gasteiger partial charge >= 0.3 is 6.18 Å². The van der Waals surface area contributed by atoms with Gasteiger partial charge in [0.2, 0.25) is 5.91 Å². The van der Waals surface area contributed by atoms with Gasteiger partial charge in [0, 0.05) is 40.5 Å². The Morgan fingerprint density at radius 2 is 1.79 bits per heavy atom. The molecule has 12 heteroatoms. The number of thiophene rings is 1. The van der Waals surface area contributed by atoms with Gasteiger partial charge in [0.05, 0.1) is 0 Å². The number of ether oxygens (including phenoxy) is 1. The Morgan fingerprint density at radius 1 is 1.10 bits per heavy atom. The Kier molecular flexibility index (Phi) is 8.76. The lowest BCUT2D eigenvalue weighted by molar-refractivity contribution is -0.153. The fourth-order valence-corrected chi connectivity index (χ4v) is 5.52. The molecule has 0 unspecified atom stereocenters. The van der Waals surface area contributed by atoms with E-state index in [1.54, 1.807) is 42.5 Å². The first-order valence-corrected chi connectivity index (χ1v) is 13.3. The van der Waals surface area contributed by atoms with E-state index in [1.165, 1.54) is 4.90 Å². The monoisotopic (exact) mass is 563 g/mol. The van der Waals surface area contributed by atoms with Crippen molar-refractivity contribution in [2.45, 2.75) is 38.4 Å². The number of anilines is 1. The van der Waals surface area contributed by atoms with E-state index in [2.05, 4.69) is 10.6 Å². The maximum atomic E-state index is 13.2. The summed E-state index contributed by atoms with van der Waals surface area (Å²) in [4.78, 5) is 39.2. The number of aryl methyl sites for hydroxylation is 1. The quantitative estimate of drug-likeness (QED) is 0.377. The minimum absolute atomic E-state index is 0.00305. The van der Waals surface area contributed by atoms with E-state index in [0.29, 0.717) is 53.7 Å². The molecule has 208 valence electrons. The zero-order chi connectivity index (χ0) is 28.2. The highest BCUT2D eigenvalue weighted by atomic mass is 32.1. The van der Waals surface area contributed by atoms with Crippen LogP contribution in [0.5, 0.6) is 5.75 Å². The molecule has 39 heavy (non-hydrogen) atoms. The maximum absolute atomic E-state index is 13.2. The molecule has 0 aliphatic carbocycles. The molecule has 2 heterocycles. The van der Waals surface area contributed by atoms with Crippen molar-refractivity contribution in [1.82, 2.24) is 10.2 Å². The van der Waals surface area contributed by atoms with Crippen LogP contribution in [0.4, 0.5) is 18.9 Å². The summed E-state index contributed by atoms with van der Waals surface area (Å²) in [5, 5.41) is 15.0. The topological polar surface area (TPSA) is 108 Å². The largest absolute Gasteiger partial charge is 0.482 e. The fourth-order valence-electron chi connectivity index (χ4n) is 4.43. The lowest BCUT2D eigenvalue weighted by Crippen LogP contribution is -2.47. The van der Waals surface area contributed by atoms with Gasteiger partial charge in [0.15, 0.2) is 12.4 Å². The number of nitrogens with one attached hydrogen (secondary N) is 2. The van der Waals surface area contributed by atoms with Gasteiger partial charge in [0.25, 0.3) is 11.8 Å². The average Bonchev–Trinajstić information content (AvgIpc) is 3.29. The normalized spacial score (nSPS) is 14.3. The number of amides is 3. The molecule has 1 aliphatic heterocycles. The van der Waals surface area contributed by atoms with Gasteiger partial charge in [-0.25, -0.2) is 0 Å². The minimum atomic E-state index is -4.62. The molecule has 0 atom stereocenters. The molecule has 3 N–H and O–H groups in total. The van der Waals surface area contributed by atoms with Crippen LogP contribution in [0, 0.1) is 0 Å². The van der Waals surface area contributed by atoms with Crippen LogP contribution in [0.2, 0.25) is 0 Å². The number of alkyl halides is 3. The SMILES string of the molecule is CCc1cc2sc(C(=O)NC3CCN(C(=O)CO)CC3)c(OCC(F)(F)F)c2cc1NC(=O)c1ccccc1. The van der Waals surface area contributed by atoms with Gasteiger partial charge in [-0.15, -0.1) is 11.3 Å². The number of nitrogens with zero attached hydrogens (tertiary/aromatic N) is 1. The molecule has 2 aromatic carbocycles. The van der Waals surface area contributed by atoms with E-state index in [0.717, 1.165) is 16.9 Å². The van der Waals surface area contributed by atoms with Crippen LogP contribution < -0.4 is 15.4 Å². The number of hydrogen-bond acceptors (Lipinski definition) is 6. The molecule has 0 spiro atoms. The van der Waals surface area contributed by atoms with E-state index >= 15 is 0 Å². The third kappa shape index (κ3) is 6.87. The predicted octanol–water partition coefficient (Wildman–Crippen LogP) is 4.37. The van der Waals surface area contributed by atoms with Crippen molar-refractivity contribution < 1.29 is 37.4 Å². The van der Waals surface area contributed by atoms with Crippen molar-refractivity contribution in [3.63, 3.8) is 0 Å². The highest BCUT2D eigenvalue weighted by Crippen LogP contribution is 2.41. The van der Waals surface area contributed by atoms with Crippen molar-refractivity contribution in [3.8, 4) is 5.75 Å². The number of aliphatic hydroxyl groups is 1. The number of piperidine rings is 1. The molecular formula is C27H28F3N3O5S. The Balaban J connectivity index is 1.64. The number of likely N-dealkylation sites (tertiary alicyclic amines) is 1. The second kappa shape index (κ2) is 12.0. The Hall–Kier alpha value is -3.64. The number of fused-ring (bicyclic) bond motifs is 1. The van der Waals surface area contributed by atoms with Gasteiger partial charge in [-0.05, 0) is 49.1 Å². The first-order valence-electron chi connectivity index (χ1n) is 12.4. The van der Waals surface area contributed by atoms with Crippen LogP contribution in [0.3, 0.4) is 0 Å². The van der Waals surface area contributed by atoms with Crippen molar-refractivity contribution in [2.75, 3.05) is 31.6 Å². The summed E-state index contributed by atoms with van der Waals surface area (Å²) in [6.45, 7) is 0.404. The molecule has 0 radical (unpaired) electrons. The fraction of sp³-hybridized carbons (Fsp3) is 0.370. The summed E-state index contributed by atoms with van der Waals surface area (Å²) in [5.74, 6) is -1.54. The molecule has 0 saturated carbocycles. The number of carbonyl (C=O) groups excluding carboxylic acids is 3. The molecular weight excluding hydrogens is 535 g/mol. The molecule has 3 aromatic rings. The van der Waals surface area contributed by atoms with Gasteiger partial charge in [-0.3, -0.25) is 14.4 Å². The Morgan fingerprint density at radius 3 is 2.41 bits per heavy atom. The van der Waals surface area contributed by atoms with E-state index in [4.69, 9.17) is 9.84 Å². The number of aliphatic hydroxyl groups excluding tert-OH is 1. The molecule has 1 saturated heterocycles. The van der Waals surface area contributed by atoms with Gasteiger partial charge < -0.3 is 25.4 Å². The lowest BCUT2D eigenvalue weighted by atomic mass is 10.0. The minimum Gasteiger partial charge on any atom is -0.482 e. The van der Waals surface area contributed by atoms with Crippen LogP contribution in [0.25, 0.3) is 10.1 Å². The van der Waals surface area contributed by atoms with Crippen molar-refractivity contribution in [1.29, 1.82) is 0 Å². The van der Waals surface area contributed by atoms with E-state index in [9.17, 15) is 27.6 Å². The first-order chi connectivity index (χ1) is 18.6. The van der Waals surface area contributed by atoms with Gasteiger partial charge in [0.1, 0.15) is 11.5 Å². The zero-order valence-corrected chi connectivity index (χ0v) is 22.0. The summed E-state index contributed by atoms with van der Waals surface area (Å²) in [5.41, 5.74) is 1.59. The smallest absolute Gasteiger partial charge is 0.422 e. The van der Waals surface area contributed by atoms with Crippen LogP contribution in [-0.2, 0) is 11.2 Å². The molecule has 4 rings (SSSR count). The molecule has 3 amide bonds. The van der Waals surface area contributed by atoms with Crippen molar-refractivity contribution in [3.05, 3.63) is 58.5 Å². The highest BCUT2D eigenvalue weighted by molar-refractivity contribution is 7.21. The van der Waals surface area contributed by atoms with E-state index in [-0.39, 0.29) is 22.6 Å². The number of halogens is 3. The molecule has 1 fully saturated rings. The second-order valence-electron chi connectivity index (χ2n) is 9.13. The predicted molar refractivity (Wildman–Crippen MR) is 141 cm³/mol. The first kappa shape index (κ1) is 28.4. The average molecular weight is 564 g/mol. The third-order valence-electron chi connectivity index (χ3n) is 6.44. The second-order valence-corrected chi connectivity index (χ2v) is 10.2. The molecule has 1 aromatic heterocycles. The zero-order valence-electron chi connectivity index (χ0n) is 21.1. The highest BCUT2D eigenvalue weighted by Gasteiger charge is 2.32. The number of carbonyl (C=O) groups is 3. The number of rotatable bonds is 8. The Labute approximate surface area is 226 Å². The van der Waals surface area contributed by atoms with Crippen LogP contribution in [0.15, 0.2) is 42.5 Å². The summed E-state index contributed by atoms with van der Waals surface area (Å²) in [6.07, 6.45) is -3.21. The maximum Gasteiger partial charge on any atom is 0.422 e. The molecule has 1 aliphatic rings. The van der Waals surface area contributed by atoms with Gasteiger partial charge in [-0.2, -0.15) is 13.2 Å². The summed E-state index contributed by atoms with van der Waals surface area (Å²) in [7, 11) is 0. The standard InChI is InChI=1S/C27H28F3N3O5S/c1-2-16-12-21-19(13-20(16)32-25(36)17-6-4-3-5-7-17)23(38-15-27(28,29)30)24(39-21)26(37)31-18-8-10-33(11-9-18)22(35)14-34/h3-7,12-13,18,34H,2,8-11,14-15H2,1H3,(H,31,37)(H,32,36). The summed E-state index contributed by atoms with van der Waals surface area (Å²) < 4.78 is 45.1. The van der Waals surface area contributed by atoms with E-state index < -0.39 is 31.2 Å². The number of hydrogen-bond donors (Lipinski definition) is 3. The van der Waals surface area contributed by atoms with Crippen molar-refractivity contribution in [2.24, 2.45) is 0 Å². The van der Waals surface area contributed by atoms with Crippen LogP contribution >= 0.6 is 11.3 Å². The molecule has 0 bridgehead atoms. The van der Waals surface area contributed by atoms with E-state index in [1.807, 2.05) is 6.92 Å². The van der Waals surface area contributed by atoms with Crippen molar-refractivity contribution >= 4 is 44.8 Å². The Bertz CT molecular complexity index is 1350. The van der Waals surface area contributed by atoms with Crippen LogP contribution in [-0.4, -0.2) is 66.2 Å².